The third-order valence-corrected chi connectivity index (χ3v) is 18.9. The number of methoxy groups -OCH3 is 1. The lowest BCUT2D eigenvalue weighted by molar-refractivity contribution is 0.0255. The minimum atomic E-state index is 0.326. The van der Waals surface area contributed by atoms with Gasteiger partial charge in [0.25, 0.3) is 0 Å². The first-order valence-electron chi connectivity index (χ1n) is 29.0. The van der Waals surface area contributed by atoms with E-state index in [1.54, 1.807) is 22.3 Å². The molecule has 6 atom stereocenters. The minimum absolute atomic E-state index is 0.326. The van der Waals surface area contributed by atoms with E-state index in [1.807, 2.05) is 7.11 Å². The normalized spacial score (nSPS) is 30.6. The third-order valence-electron chi connectivity index (χ3n) is 18.9. The van der Waals surface area contributed by atoms with Crippen molar-refractivity contribution in [1.82, 2.24) is 0 Å². The molecule has 0 heterocycles. The molecule has 2 nitrogen and oxygen atoms in total. The molecule has 6 aliphatic rings. The van der Waals surface area contributed by atoms with E-state index in [4.69, 9.17) is 9.47 Å². The van der Waals surface area contributed by atoms with Crippen molar-refractivity contribution in [3.05, 3.63) is 64.2 Å². The summed E-state index contributed by atoms with van der Waals surface area (Å²) in [6.07, 6.45) is 53.6. The number of hydrogen-bond acceptors (Lipinski definition) is 2. The molecule has 0 aliphatic heterocycles. The van der Waals surface area contributed by atoms with Gasteiger partial charge in [-0.2, -0.15) is 0 Å². The fourth-order valence-corrected chi connectivity index (χ4v) is 15.2. The van der Waals surface area contributed by atoms with E-state index >= 15 is 0 Å². The van der Waals surface area contributed by atoms with Crippen LogP contribution in [0.1, 0.15) is 295 Å². The molecule has 64 heavy (non-hydrogen) atoms. The highest BCUT2D eigenvalue weighted by atomic mass is 16.5. The van der Waals surface area contributed by atoms with Crippen molar-refractivity contribution in [1.29, 1.82) is 0 Å². The van der Waals surface area contributed by atoms with E-state index in [1.165, 1.54) is 255 Å². The van der Waals surface area contributed by atoms with Gasteiger partial charge in [-0.1, -0.05) is 196 Å². The molecule has 0 N–H and O–H groups in total. The molecule has 6 unspecified atom stereocenters. The predicted molar refractivity (Wildman–Crippen MR) is 273 cm³/mol. The van der Waals surface area contributed by atoms with Gasteiger partial charge in [0, 0.05) is 7.11 Å². The summed E-state index contributed by atoms with van der Waals surface area (Å²) in [4.78, 5) is 0. The van der Waals surface area contributed by atoms with Crippen LogP contribution in [-0.4, -0.2) is 19.3 Å². The summed E-state index contributed by atoms with van der Waals surface area (Å²) < 4.78 is 13.9. The Hall–Kier alpha value is -1.80. The molecule has 0 bridgehead atoms. The Balaban J connectivity index is 1.09. The van der Waals surface area contributed by atoms with Crippen LogP contribution in [0.2, 0.25) is 0 Å². The monoisotopic (exact) mass is 875 g/mol. The van der Waals surface area contributed by atoms with E-state index < -0.39 is 0 Å². The fraction of sp³-hybridized carbons (Fsp3) is 0.806. The summed E-state index contributed by atoms with van der Waals surface area (Å²) in [5.74, 6) is 7.34. The van der Waals surface area contributed by atoms with Crippen molar-refractivity contribution in [2.24, 2.45) is 23.7 Å². The number of rotatable bonds is 9. The highest BCUT2D eigenvalue weighted by Gasteiger charge is 2.35. The van der Waals surface area contributed by atoms with E-state index in [0.717, 1.165) is 29.6 Å². The van der Waals surface area contributed by atoms with E-state index in [2.05, 4.69) is 43.3 Å². The number of ether oxygens (including phenoxy) is 2. The van der Waals surface area contributed by atoms with Gasteiger partial charge < -0.3 is 9.47 Å². The Morgan fingerprint density at radius 3 is 1.34 bits per heavy atom. The van der Waals surface area contributed by atoms with Crippen molar-refractivity contribution in [3.63, 3.8) is 0 Å². The Bertz CT molecular complexity index is 1590. The van der Waals surface area contributed by atoms with Crippen LogP contribution in [-0.2, 0) is 4.74 Å². The first-order chi connectivity index (χ1) is 31.6. The summed E-state index contributed by atoms with van der Waals surface area (Å²) in [7, 11) is 1.99. The van der Waals surface area contributed by atoms with Crippen LogP contribution < -0.4 is 4.74 Å². The van der Waals surface area contributed by atoms with Crippen molar-refractivity contribution in [3.8, 4) is 5.75 Å². The summed E-state index contributed by atoms with van der Waals surface area (Å²) in [5.41, 5.74) is 8.12. The van der Waals surface area contributed by atoms with Gasteiger partial charge in [-0.15, -0.1) is 0 Å². The van der Waals surface area contributed by atoms with Gasteiger partial charge in [-0.25, -0.2) is 0 Å². The van der Waals surface area contributed by atoms with Crippen LogP contribution in [0.4, 0.5) is 0 Å². The SMILES string of the molecule is COC1CCCC(Oc2cc(C3CCCCCCC3)ccc2C2CCCC(c3cc(C)cc(C4CCCCCCC4)c3)CC(C3CCCCCCC3)C2)CC(C2CCCCCCC2)C1. The molecule has 2 aromatic rings. The van der Waals surface area contributed by atoms with Crippen LogP contribution >= 0.6 is 0 Å². The first-order valence-corrected chi connectivity index (χ1v) is 29.0. The molecular weight excluding hydrogens is 777 g/mol. The number of hydrogen-bond donors (Lipinski definition) is 0. The Kier molecular flexibility index (Phi) is 19.8. The van der Waals surface area contributed by atoms with Gasteiger partial charge in [0.2, 0.25) is 0 Å². The Morgan fingerprint density at radius 2 is 0.766 bits per heavy atom. The molecule has 2 heteroatoms. The average Bonchev–Trinajstić information content (AvgIpc) is 3.22. The number of aryl methyl sites for hydroxylation is 1. The van der Waals surface area contributed by atoms with Gasteiger partial charge in [0.1, 0.15) is 5.75 Å². The predicted octanol–water partition coefficient (Wildman–Crippen LogP) is 19.2. The van der Waals surface area contributed by atoms with Crippen molar-refractivity contribution >= 4 is 0 Å². The lowest BCUT2D eigenvalue weighted by Crippen LogP contribution is -2.32. The highest BCUT2D eigenvalue weighted by molar-refractivity contribution is 5.42. The minimum Gasteiger partial charge on any atom is -0.490 e. The maximum absolute atomic E-state index is 7.75. The molecule has 8 rings (SSSR count). The summed E-state index contributed by atoms with van der Waals surface area (Å²) >= 11 is 0. The van der Waals surface area contributed by atoms with E-state index in [-0.39, 0.29) is 0 Å². The second-order valence-electron chi connectivity index (χ2n) is 23.6. The van der Waals surface area contributed by atoms with Gasteiger partial charge in [0.05, 0.1) is 12.2 Å². The molecule has 358 valence electrons. The molecule has 0 radical (unpaired) electrons. The topological polar surface area (TPSA) is 18.5 Å². The molecule has 6 fully saturated rings. The lowest BCUT2D eigenvalue weighted by Gasteiger charge is -2.38. The molecule has 6 saturated carbocycles. The zero-order chi connectivity index (χ0) is 43.8. The van der Waals surface area contributed by atoms with Crippen LogP contribution in [0.25, 0.3) is 0 Å². The van der Waals surface area contributed by atoms with Crippen LogP contribution in [0, 0.1) is 30.6 Å². The lowest BCUT2D eigenvalue weighted by atomic mass is 9.68. The molecule has 0 aromatic heterocycles. The van der Waals surface area contributed by atoms with Crippen LogP contribution in [0.15, 0.2) is 36.4 Å². The van der Waals surface area contributed by atoms with E-state index in [0.29, 0.717) is 30.0 Å². The highest BCUT2D eigenvalue weighted by Crippen LogP contribution is 2.49. The van der Waals surface area contributed by atoms with Crippen molar-refractivity contribution in [2.45, 2.75) is 287 Å². The Labute approximate surface area is 395 Å². The molecule has 0 spiro atoms. The van der Waals surface area contributed by atoms with E-state index in [9.17, 15) is 0 Å². The Morgan fingerprint density at radius 1 is 0.344 bits per heavy atom. The maximum Gasteiger partial charge on any atom is 0.123 e. The largest absolute Gasteiger partial charge is 0.490 e. The zero-order valence-corrected chi connectivity index (χ0v) is 41.9. The molecule has 0 saturated heterocycles. The smallest absolute Gasteiger partial charge is 0.123 e. The summed E-state index contributed by atoms with van der Waals surface area (Å²) in [6, 6.07) is 15.9. The van der Waals surface area contributed by atoms with Gasteiger partial charge in [0.15, 0.2) is 0 Å². The molecular formula is C62H98O2. The molecule has 2 aromatic carbocycles. The van der Waals surface area contributed by atoms with Gasteiger partial charge in [-0.3, -0.25) is 0 Å². The summed E-state index contributed by atoms with van der Waals surface area (Å²) in [5, 5.41) is 0. The van der Waals surface area contributed by atoms with Crippen molar-refractivity contribution in [2.75, 3.05) is 7.11 Å². The second kappa shape index (κ2) is 26.1. The average molecular weight is 875 g/mol. The standard InChI is InChI=1S/C62H98O2/c1-47-39-55(49-27-17-9-4-10-18-28-49)43-56(40-47)52-33-23-34-54(42-57(41-52)50-29-19-11-5-12-20-30-50)61-38-37-53(48-25-15-7-3-8-16-26-48)46-62(61)64-60-36-24-35-59(63-2)44-58(45-60)51-31-21-13-6-14-22-32-51/h37-40,43,46,48-52,54,57-60H,3-36,41-42,44-45H2,1-2H3. The zero-order valence-electron chi connectivity index (χ0n) is 41.9. The number of benzene rings is 2. The van der Waals surface area contributed by atoms with Gasteiger partial charge in [-0.05, 0) is 166 Å². The first kappa shape index (κ1) is 48.6. The second-order valence-corrected chi connectivity index (χ2v) is 23.6. The quantitative estimate of drug-likeness (QED) is 0.250. The summed E-state index contributed by atoms with van der Waals surface area (Å²) in [6.45, 7) is 2.41. The maximum atomic E-state index is 7.75. The molecule has 0 amide bonds. The van der Waals surface area contributed by atoms with Crippen molar-refractivity contribution < 1.29 is 9.47 Å². The van der Waals surface area contributed by atoms with Crippen LogP contribution in [0.5, 0.6) is 5.75 Å². The fourth-order valence-electron chi connectivity index (χ4n) is 15.2. The van der Waals surface area contributed by atoms with Gasteiger partial charge >= 0.3 is 0 Å². The molecule has 6 aliphatic carbocycles. The van der Waals surface area contributed by atoms with Crippen LogP contribution in [0.3, 0.4) is 0 Å². The third kappa shape index (κ3) is 14.4.